The minimum Gasteiger partial charge on any atom is -0.467 e. The Balaban J connectivity index is 2.88. The Morgan fingerprint density at radius 3 is 2.26 bits per heavy atom. The number of benzene rings is 1. The molecule has 0 aliphatic heterocycles. The third-order valence-electron chi connectivity index (χ3n) is 2.69. The molecule has 0 bridgehead atoms. The van der Waals surface area contributed by atoms with Crippen molar-refractivity contribution in [2.75, 3.05) is 7.11 Å². The van der Waals surface area contributed by atoms with Gasteiger partial charge in [0.1, 0.15) is 0 Å². The molecular formula is C14H18BrNO3. The van der Waals surface area contributed by atoms with Crippen molar-refractivity contribution in [3.05, 3.63) is 35.9 Å². The van der Waals surface area contributed by atoms with E-state index in [1.165, 1.54) is 7.11 Å². The van der Waals surface area contributed by atoms with Crippen LogP contribution >= 0.6 is 15.9 Å². The van der Waals surface area contributed by atoms with Crippen LogP contribution < -0.4 is 5.32 Å². The second-order valence-electron chi connectivity index (χ2n) is 4.52. The number of halogens is 1. The molecule has 1 aromatic carbocycles. The van der Waals surface area contributed by atoms with Gasteiger partial charge in [-0.25, -0.2) is 4.79 Å². The van der Waals surface area contributed by atoms with Crippen molar-refractivity contribution < 1.29 is 14.3 Å². The summed E-state index contributed by atoms with van der Waals surface area (Å²) in [6, 6.07) is 8.25. The number of carbonyl (C=O) groups excluding carboxylic acids is 2. The van der Waals surface area contributed by atoms with Gasteiger partial charge in [0.25, 0.3) is 0 Å². The summed E-state index contributed by atoms with van der Waals surface area (Å²) in [5, 5.41) is 2.70. The average molecular weight is 328 g/mol. The highest BCUT2D eigenvalue weighted by Crippen LogP contribution is 2.17. The molecule has 0 spiro atoms. The van der Waals surface area contributed by atoms with E-state index in [0.717, 1.165) is 0 Å². The summed E-state index contributed by atoms with van der Waals surface area (Å²) in [4.78, 5) is 23.5. The molecule has 0 aliphatic carbocycles. The number of rotatable bonds is 5. The van der Waals surface area contributed by atoms with Gasteiger partial charge in [-0.05, 0) is 11.5 Å². The molecule has 1 N–H and O–H groups in total. The van der Waals surface area contributed by atoms with Crippen LogP contribution in [0.2, 0.25) is 0 Å². The number of carbonyl (C=O) groups is 2. The van der Waals surface area contributed by atoms with Gasteiger partial charge in [-0.15, -0.1) is 0 Å². The molecule has 4 nitrogen and oxygen atoms in total. The smallest absolute Gasteiger partial charge is 0.333 e. The van der Waals surface area contributed by atoms with Gasteiger partial charge in [0.05, 0.1) is 11.9 Å². The maximum atomic E-state index is 12.0. The predicted molar refractivity (Wildman–Crippen MR) is 76.9 cm³/mol. The molecule has 0 saturated heterocycles. The first-order chi connectivity index (χ1) is 8.97. The van der Waals surface area contributed by atoms with Crippen molar-refractivity contribution >= 4 is 27.8 Å². The van der Waals surface area contributed by atoms with Crippen LogP contribution in [-0.2, 0) is 14.3 Å². The molecule has 0 heterocycles. The Kier molecular flexibility index (Phi) is 6.02. The average Bonchev–Trinajstić information content (AvgIpc) is 2.43. The summed E-state index contributed by atoms with van der Waals surface area (Å²) < 4.78 is 4.74. The lowest BCUT2D eigenvalue weighted by molar-refractivity contribution is -0.145. The summed E-state index contributed by atoms with van der Waals surface area (Å²) in [5.74, 6) is -0.577. The quantitative estimate of drug-likeness (QED) is 0.667. The number of methoxy groups -OCH3 is 1. The van der Waals surface area contributed by atoms with Crippen molar-refractivity contribution in [2.24, 2.45) is 5.92 Å². The third-order valence-corrected chi connectivity index (χ3v) is 4.17. The normalized spacial score (nSPS) is 13.7. The van der Waals surface area contributed by atoms with Gasteiger partial charge in [-0.3, -0.25) is 4.79 Å². The topological polar surface area (TPSA) is 55.4 Å². The van der Waals surface area contributed by atoms with Gasteiger partial charge in [-0.2, -0.15) is 0 Å². The predicted octanol–water partition coefficient (Wildman–Crippen LogP) is 2.44. The minimum atomic E-state index is -0.780. The van der Waals surface area contributed by atoms with Crippen molar-refractivity contribution in [3.8, 4) is 0 Å². The molecule has 0 saturated carbocycles. The number of ether oxygens (including phenoxy) is 1. The van der Waals surface area contributed by atoms with Gasteiger partial charge in [0.15, 0.2) is 6.04 Å². The number of amides is 1. The van der Waals surface area contributed by atoms with Gasteiger partial charge >= 0.3 is 5.97 Å². The minimum absolute atomic E-state index is 0.133. The van der Waals surface area contributed by atoms with E-state index >= 15 is 0 Å². The number of esters is 1. The van der Waals surface area contributed by atoms with Crippen LogP contribution in [0.3, 0.4) is 0 Å². The van der Waals surface area contributed by atoms with Crippen molar-refractivity contribution in [2.45, 2.75) is 24.7 Å². The second-order valence-corrected chi connectivity index (χ2v) is 5.51. The van der Waals surface area contributed by atoms with Crippen LogP contribution in [0.25, 0.3) is 0 Å². The standard InChI is InChI=1S/C14H18BrNO3/c1-9(2)11(15)13(17)16-12(14(18)19-3)10-7-5-4-6-8-10/h4-9,11-12H,1-3H3,(H,16,17). The van der Waals surface area contributed by atoms with Gasteiger partial charge in [0, 0.05) is 0 Å². The van der Waals surface area contributed by atoms with Crippen molar-refractivity contribution in [3.63, 3.8) is 0 Å². The molecule has 2 unspecified atom stereocenters. The first-order valence-corrected chi connectivity index (χ1v) is 6.96. The first kappa shape index (κ1) is 15.7. The zero-order chi connectivity index (χ0) is 14.4. The number of hydrogen-bond acceptors (Lipinski definition) is 3. The van der Waals surface area contributed by atoms with Crippen LogP contribution in [-0.4, -0.2) is 23.8 Å². The molecule has 1 amide bonds. The van der Waals surface area contributed by atoms with E-state index in [1.54, 1.807) is 12.1 Å². The largest absolute Gasteiger partial charge is 0.467 e. The fourth-order valence-corrected chi connectivity index (χ4v) is 1.70. The molecule has 0 radical (unpaired) electrons. The Bertz CT molecular complexity index is 434. The Labute approximate surface area is 121 Å². The molecule has 1 rings (SSSR count). The van der Waals surface area contributed by atoms with Gasteiger partial charge < -0.3 is 10.1 Å². The fraction of sp³-hybridized carbons (Fsp3) is 0.429. The van der Waals surface area contributed by atoms with Crippen molar-refractivity contribution in [1.82, 2.24) is 5.32 Å². The lowest BCUT2D eigenvalue weighted by Gasteiger charge is -2.20. The first-order valence-electron chi connectivity index (χ1n) is 6.04. The lowest BCUT2D eigenvalue weighted by Crippen LogP contribution is -2.40. The van der Waals surface area contributed by atoms with E-state index in [-0.39, 0.29) is 16.7 Å². The SMILES string of the molecule is COC(=O)C(NC(=O)C(Br)C(C)C)c1ccccc1. The maximum absolute atomic E-state index is 12.0. The number of alkyl halides is 1. The second kappa shape index (κ2) is 7.28. The highest BCUT2D eigenvalue weighted by atomic mass is 79.9. The molecule has 104 valence electrons. The van der Waals surface area contributed by atoms with Crippen molar-refractivity contribution in [1.29, 1.82) is 0 Å². The molecular weight excluding hydrogens is 310 g/mol. The molecule has 0 aromatic heterocycles. The Morgan fingerprint density at radius 2 is 1.79 bits per heavy atom. The van der Waals surface area contributed by atoms with E-state index in [0.29, 0.717) is 5.56 Å². The van der Waals surface area contributed by atoms with Gasteiger partial charge in [-0.1, -0.05) is 60.1 Å². The zero-order valence-corrected chi connectivity index (χ0v) is 12.8. The number of hydrogen-bond donors (Lipinski definition) is 1. The summed E-state index contributed by atoms with van der Waals surface area (Å²) in [6.45, 7) is 3.85. The van der Waals surface area contributed by atoms with Crippen LogP contribution in [0, 0.1) is 5.92 Å². The maximum Gasteiger partial charge on any atom is 0.333 e. The summed E-state index contributed by atoms with van der Waals surface area (Å²) >= 11 is 3.32. The Hall–Kier alpha value is -1.36. The van der Waals surface area contributed by atoms with E-state index in [2.05, 4.69) is 21.2 Å². The monoisotopic (exact) mass is 327 g/mol. The van der Waals surface area contributed by atoms with Crippen LogP contribution in [0.1, 0.15) is 25.5 Å². The zero-order valence-electron chi connectivity index (χ0n) is 11.2. The highest BCUT2D eigenvalue weighted by Gasteiger charge is 2.27. The lowest BCUT2D eigenvalue weighted by atomic mass is 10.1. The molecule has 0 fully saturated rings. The van der Waals surface area contributed by atoms with Crippen LogP contribution in [0.5, 0.6) is 0 Å². The third kappa shape index (κ3) is 4.35. The molecule has 0 aliphatic rings. The molecule has 1 aromatic rings. The molecule has 2 atom stereocenters. The molecule has 5 heteroatoms. The highest BCUT2D eigenvalue weighted by molar-refractivity contribution is 9.10. The van der Waals surface area contributed by atoms with E-state index in [4.69, 9.17) is 4.74 Å². The molecule has 19 heavy (non-hydrogen) atoms. The summed E-state index contributed by atoms with van der Waals surface area (Å²) in [6.07, 6.45) is 0. The number of nitrogens with one attached hydrogen (secondary N) is 1. The van der Waals surface area contributed by atoms with E-state index in [1.807, 2.05) is 32.0 Å². The Morgan fingerprint density at radius 1 is 1.21 bits per heavy atom. The van der Waals surface area contributed by atoms with E-state index < -0.39 is 12.0 Å². The van der Waals surface area contributed by atoms with Crippen LogP contribution in [0.4, 0.5) is 0 Å². The summed E-state index contributed by atoms with van der Waals surface area (Å²) in [7, 11) is 1.30. The van der Waals surface area contributed by atoms with Gasteiger partial charge in [0.2, 0.25) is 5.91 Å². The fourth-order valence-electron chi connectivity index (χ4n) is 1.57. The van der Waals surface area contributed by atoms with Crippen LogP contribution in [0.15, 0.2) is 30.3 Å². The van der Waals surface area contributed by atoms with E-state index in [9.17, 15) is 9.59 Å². The summed E-state index contributed by atoms with van der Waals surface area (Å²) in [5.41, 5.74) is 0.700.